The number of nitrogens with one attached hydrogen (secondary N) is 2. The van der Waals surface area contributed by atoms with Crippen LogP contribution in [0.2, 0.25) is 0 Å². The van der Waals surface area contributed by atoms with Crippen molar-refractivity contribution in [2.24, 2.45) is 0 Å². The van der Waals surface area contributed by atoms with E-state index < -0.39 is 0 Å². The molecule has 0 unspecified atom stereocenters. The molecule has 0 saturated carbocycles. The number of halogens is 1. The van der Waals surface area contributed by atoms with E-state index in [2.05, 4.69) is 31.8 Å². The third kappa shape index (κ3) is 1.97. The molecule has 0 radical (unpaired) electrons. The van der Waals surface area contributed by atoms with Gasteiger partial charge in [0.1, 0.15) is 10.4 Å². The van der Waals surface area contributed by atoms with Crippen molar-refractivity contribution in [1.29, 1.82) is 0 Å². The van der Waals surface area contributed by atoms with Crippen molar-refractivity contribution in [1.82, 2.24) is 10.4 Å². The van der Waals surface area contributed by atoms with Crippen LogP contribution in [0.15, 0.2) is 22.8 Å². The lowest BCUT2D eigenvalue weighted by atomic mass is 10.5. The highest BCUT2D eigenvalue weighted by atomic mass is 79.9. The molecule has 10 heavy (non-hydrogen) atoms. The number of hydrogen-bond acceptors (Lipinski definition) is 3. The van der Waals surface area contributed by atoms with Gasteiger partial charge in [0.15, 0.2) is 0 Å². The maximum atomic E-state index is 4.11. The van der Waals surface area contributed by atoms with Crippen molar-refractivity contribution in [3.63, 3.8) is 0 Å². The second kappa shape index (κ2) is 3.53. The van der Waals surface area contributed by atoms with Crippen LogP contribution in [-0.2, 0) is 0 Å². The van der Waals surface area contributed by atoms with Crippen LogP contribution >= 0.6 is 15.9 Å². The average Bonchev–Trinajstić information content (AvgIpc) is 1.88. The zero-order valence-electron chi connectivity index (χ0n) is 5.56. The maximum Gasteiger partial charge on any atom is 0.141 e. The summed E-state index contributed by atoms with van der Waals surface area (Å²) in [5.74, 6) is 0.803. The summed E-state index contributed by atoms with van der Waals surface area (Å²) >= 11 is 3.25. The van der Waals surface area contributed by atoms with Crippen molar-refractivity contribution in [2.75, 3.05) is 12.5 Å². The molecule has 0 atom stereocenters. The van der Waals surface area contributed by atoms with E-state index in [0.717, 1.165) is 10.4 Å². The van der Waals surface area contributed by atoms with E-state index in [0.29, 0.717) is 0 Å². The summed E-state index contributed by atoms with van der Waals surface area (Å²) in [5, 5.41) is 0. The van der Waals surface area contributed by atoms with Gasteiger partial charge in [-0.3, -0.25) is 0 Å². The molecule has 0 aliphatic rings. The van der Waals surface area contributed by atoms with Gasteiger partial charge in [-0.15, -0.1) is 0 Å². The largest absolute Gasteiger partial charge is 0.306 e. The molecular weight excluding hydrogens is 194 g/mol. The fraction of sp³-hybridized carbons (Fsp3) is 0.167. The summed E-state index contributed by atoms with van der Waals surface area (Å²) in [4.78, 5) is 4.11. The SMILES string of the molecule is CNNc1cccc(Br)n1. The molecule has 4 heteroatoms. The predicted molar refractivity (Wildman–Crippen MR) is 44.6 cm³/mol. The number of hydrazine groups is 1. The normalized spacial score (nSPS) is 9.40. The van der Waals surface area contributed by atoms with Crippen LogP contribution in [0.5, 0.6) is 0 Å². The van der Waals surface area contributed by atoms with Crippen molar-refractivity contribution in [2.45, 2.75) is 0 Å². The maximum absolute atomic E-state index is 4.11. The lowest BCUT2D eigenvalue weighted by Gasteiger charge is -2.01. The van der Waals surface area contributed by atoms with Crippen LogP contribution in [0.3, 0.4) is 0 Å². The van der Waals surface area contributed by atoms with Crippen molar-refractivity contribution in [3.05, 3.63) is 22.8 Å². The third-order valence-electron chi connectivity index (χ3n) is 0.968. The van der Waals surface area contributed by atoms with E-state index >= 15 is 0 Å². The number of hydrogen-bond donors (Lipinski definition) is 2. The molecule has 3 nitrogen and oxygen atoms in total. The Kier molecular flexibility index (Phi) is 2.65. The molecule has 1 heterocycles. The molecule has 1 aromatic rings. The van der Waals surface area contributed by atoms with E-state index in [1.165, 1.54) is 0 Å². The lowest BCUT2D eigenvalue weighted by Crippen LogP contribution is -2.15. The molecule has 0 spiro atoms. The van der Waals surface area contributed by atoms with Crippen molar-refractivity contribution < 1.29 is 0 Å². The number of nitrogens with zero attached hydrogens (tertiary/aromatic N) is 1. The molecule has 0 saturated heterocycles. The summed E-state index contributed by atoms with van der Waals surface area (Å²) in [7, 11) is 1.79. The average molecular weight is 202 g/mol. The van der Waals surface area contributed by atoms with Gasteiger partial charge in [-0.25, -0.2) is 10.4 Å². The molecule has 0 aromatic carbocycles. The van der Waals surface area contributed by atoms with Crippen LogP contribution < -0.4 is 10.9 Å². The molecule has 0 aliphatic carbocycles. The van der Waals surface area contributed by atoms with Crippen LogP contribution in [0.1, 0.15) is 0 Å². The molecular formula is C6H8BrN3. The molecule has 1 rings (SSSR count). The molecule has 1 aromatic heterocycles. The minimum absolute atomic E-state index is 0.803. The van der Waals surface area contributed by atoms with E-state index in [-0.39, 0.29) is 0 Å². The molecule has 0 fully saturated rings. The van der Waals surface area contributed by atoms with E-state index in [9.17, 15) is 0 Å². The number of rotatable bonds is 2. The Labute approximate surface area is 68.0 Å². The highest BCUT2D eigenvalue weighted by Gasteiger charge is 1.89. The molecule has 0 bridgehead atoms. The first kappa shape index (κ1) is 7.50. The Bertz CT molecular complexity index is 214. The second-order valence-electron chi connectivity index (χ2n) is 1.72. The monoisotopic (exact) mass is 201 g/mol. The Morgan fingerprint density at radius 3 is 2.90 bits per heavy atom. The van der Waals surface area contributed by atoms with Gasteiger partial charge < -0.3 is 5.43 Å². The van der Waals surface area contributed by atoms with Crippen molar-refractivity contribution in [3.8, 4) is 0 Å². The number of anilines is 1. The fourth-order valence-corrected chi connectivity index (χ4v) is 0.950. The highest BCUT2D eigenvalue weighted by molar-refractivity contribution is 9.10. The highest BCUT2D eigenvalue weighted by Crippen LogP contribution is 2.08. The van der Waals surface area contributed by atoms with Crippen LogP contribution in [0.4, 0.5) is 5.82 Å². The Balaban J connectivity index is 2.75. The van der Waals surface area contributed by atoms with Gasteiger partial charge >= 0.3 is 0 Å². The fourth-order valence-electron chi connectivity index (χ4n) is 0.606. The summed E-state index contributed by atoms with van der Waals surface area (Å²) in [6.07, 6.45) is 0. The molecule has 54 valence electrons. The van der Waals surface area contributed by atoms with E-state index in [4.69, 9.17) is 0 Å². The van der Waals surface area contributed by atoms with Crippen LogP contribution in [-0.4, -0.2) is 12.0 Å². The summed E-state index contributed by atoms with van der Waals surface area (Å²) in [5.41, 5.74) is 5.64. The third-order valence-corrected chi connectivity index (χ3v) is 1.41. The quantitative estimate of drug-likeness (QED) is 0.562. The zero-order valence-corrected chi connectivity index (χ0v) is 7.14. The first-order chi connectivity index (χ1) is 4.83. The number of pyridine rings is 1. The standard InChI is InChI=1S/C6H8BrN3/c1-8-10-6-4-2-3-5(7)9-6/h2-4,8H,1H3,(H,9,10). The van der Waals surface area contributed by atoms with Gasteiger partial charge in [-0.1, -0.05) is 6.07 Å². The van der Waals surface area contributed by atoms with E-state index in [1.807, 2.05) is 18.2 Å². The Morgan fingerprint density at radius 1 is 1.50 bits per heavy atom. The predicted octanol–water partition coefficient (Wildman–Crippen LogP) is 1.39. The van der Waals surface area contributed by atoms with Gasteiger partial charge in [-0.2, -0.15) is 0 Å². The first-order valence-corrected chi connectivity index (χ1v) is 3.67. The smallest absolute Gasteiger partial charge is 0.141 e. The van der Waals surface area contributed by atoms with Gasteiger partial charge in [0.2, 0.25) is 0 Å². The second-order valence-corrected chi connectivity index (χ2v) is 2.53. The molecule has 2 N–H and O–H groups in total. The van der Waals surface area contributed by atoms with Gasteiger partial charge in [0.25, 0.3) is 0 Å². The van der Waals surface area contributed by atoms with Crippen LogP contribution in [0.25, 0.3) is 0 Å². The topological polar surface area (TPSA) is 37.0 Å². The molecule has 0 amide bonds. The lowest BCUT2D eigenvalue weighted by molar-refractivity contribution is 0.962. The minimum Gasteiger partial charge on any atom is -0.306 e. The number of aromatic nitrogens is 1. The van der Waals surface area contributed by atoms with Gasteiger partial charge in [0, 0.05) is 7.05 Å². The Hall–Kier alpha value is -0.610. The Morgan fingerprint density at radius 2 is 2.30 bits per heavy atom. The first-order valence-electron chi connectivity index (χ1n) is 2.88. The summed E-state index contributed by atoms with van der Waals surface area (Å²) in [6, 6.07) is 5.67. The molecule has 0 aliphatic heterocycles. The van der Waals surface area contributed by atoms with Crippen molar-refractivity contribution >= 4 is 21.7 Å². The van der Waals surface area contributed by atoms with E-state index in [1.54, 1.807) is 7.05 Å². The van der Waals surface area contributed by atoms with Gasteiger partial charge in [0.05, 0.1) is 0 Å². The zero-order chi connectivity index (χ0) is 7.40. The summed E-state index contributed by atoms with van der Waals surface area (Å²) < 4.78 is 0.827. The van der Waals surface area contributed by atoms with Crippen LogP contribution in [0, 0.1) is 0 Å². The minimum atomic E-state index is 0.803. The summed E-state index contributed by atoms with van der Waals surface area (Å²) in [6.45, 7) is 0. The van der Waals surface area contributed by atoms with Gasteiger partial charge in [-0.05, 0) is 28.1 Å².